The highest BCUT2D eigenvalue weighted by Gasteiger charge is 2.13. The quantitative estimate of drug-likeness (QED) is 0.752. The number of phenols is 2. The number of phenolic OH excluding ortho intramolecular Hbond substituents is 1. The van der Waals surface area contributed by atoms with E-state index < -0.39 is 5.97 Å². The van der Waals surface area contributed by atoms with Crippen molar-refractivity contribution in [2.75, 3.05) is 0 Å². The number of aromatic carboxylic acids is 1. The molecule has 0 heterocycles. The third-order valence-corrected chi connectivity index (χ3v) is 2.98. The lowest BCUT2D eigenvalue weighted by Crippen LogP contribution is -1.96. The Morgan fingerprint density at radius 1 is 1.06 bits per heavy atom. The van der Waals surface area contributed by atoms with Crippen molar-refractivity contribution in [1.29, 1.82) is 0 Å². The Morgan fingerprint density at radius 2 is 1.75 bits per heavy atom. The number of halogens is 1. The predicted molar refractivity (Wildman–Crippen MR) is 61.9 cm³/mol. The van der Waals surface area contributed by atoms with Gasteiger partial charge in [-0.25, -0.2) is 4.79 Å². The Morgan fingerprint density at radius 3 is 2.38 bits per heavy atom. The van der Waals surface area contributed by atoms with Gasteiger partial charge in [0.25, 0.3) is 0 Å². The molecule has 0 bridgehead atoms. The van der Waals surface area contributed by atoms with E-state index in [4.69, 9.17) is 5.11 Å². The second-order valence-electron chi connectivity index (χ2n) is 3.29. The molecule has 0 aromatic heterocycles. The number of fused-ring (bicyclic) bond motifs is 1. The number of benzene rings is 2. The highest BCUT2D eigenvalue weighted by Crippen LogP contribution is 2.35. The fourth-order valence-electron chi connectivity index (χ4n) is 1.50. The average Bonchev–Trinajstić information content (AvgIpc) is 2.23. The fraction of sp³-hybridized carbons (Fsp3) is 0. The van der Waals surface area contributed by atoms with Crippen LogP contribution in [0.4, 0.5) is 0 Å². The second-order valence-corrected chi connectivity index (χ2v) is 4.14. The van der Waals surface area contributed by atoms with E-state index in [1.54, 1.807) is 6.07 Å². The molecule has 5 heteroatoms. The van der Waals surface area contributed by atoms with Crippen LogP contribution in [0.2, 0.25) is 0 Å². The summed E-state index contributed by atoms with van der Waals surface area (Å²) >= 11 is 3.25. The Labute approximate surface area is 98.9 Å². The molecule has 0 radical (unpaired) electrons. The molecule has 0 fully saturated rings. The molecule has 2 aromatic carbocycles. The van der Waals surface area contributed by atoms with E-state index in [1.165, 1.54) is 18.2 Å². The zero-order valence-corrected chi connectivity index (χ0v) is 9.52. The molecule has 0 amide bonds. The highest BCUT2D eigenvalue weighted by atomic mass is 79.9. The van der Waals surface area contributed by atoms with Gasteiger partial charge < -0.3 is 15.3 Å². The van der Waals surface area contributed by atoms with E-state index in [0.29, 0.717) is 15.2 Å². The van der Waals surface area contributed by atoms with Gasteiger partial charge in [-0.15, -0.1) is 0 Å². The van der Waals surface area contributed by atoms with Gasteiger partial charge in [0.15, 0.2) is 0 Å². The first-order valence-corrected chi connectivity index (χ1v) is 5.17. The maximum absolute atomic E-state index is 10.8. The first-order chi connectivity index (χ1) is 7.50. The van der Waals surface area contributed by atoms with Crippen LogP contribution in [0, 0.1) is 0 Å². The van der Waals surface area contributed by atoms with Gasteiger partial charge in [-0.05, 0) is 24.3 Å². The summed E-state index contributed by atoms with van der Waals surface area (Å²) in [4.78, 5) is 10.8. The molecule has 0 saturated carbocycles. The van der Waals surface area contributed by atoms with Crippen LogP contribution in [-0.4, -0.2) is 21.3 Å². The SMILES string of the molecule is O=C(O)c1cc2c(Br)ccc(O)c2cc1O. The van der Waals surface area contributed by atoms with Crippen molar-refractivity contribution < 1.29 is 20.1 Å². The number of carbonyl (C=O) groups is 1. The molecule has 2 rings (SSSR count). The molecule has 0 aliphatic carbocycles. The van der Waals surface area contributed by atoms with Crippen LogP contribution in [0.3, 0.4) is 0 Å². The number of hydrogen-bond donors (Lipinski definition) is 3. The Kier molecular flexibility index (Phi) is 2.47. The van der Waals surface area contributed by atoms with E-state index >= 15 is 0 Å². The lowest BCUT2D eigenvalue weighted by molar-refractivity contribution is 0.0694. The van der Waals surface area contributed by atoms with E-state index in [-0.39, 0.29) is 17.1 Å². The number of carboxylic acid groups (broad SMARTS) is 1. The molecule has 4 nitrogen and oxygen atoms in total. The minimum absolute atomic E-state index is 0.00885. The lowest BCUT2D eigenvalue weighted by atomic mass is 10.1. The molecule has 0 unspecified atom stereocenters. The van der Waals surface area contributed by atoms with Gasteiger partial charge in [0.05, 0.1) is 0 Å². The van der Waals surface area contributed by atoms with Crippen LogP contribution >= 0.6 is 15.9 Å². The van der Waals surface area contributed by atoms with E-state index in [1.807, 2.05) is 0 Å². The fourth-order valence-corrected chi connectivity index (χ4v) is 1.96. The molecule has 2 aromatic rings. The van der Waals surface area contributed by atoms with E-state index in [2.05, 4.69) is 15.9 Å². The smallest absolute Gasteiger partial charge is 0.339 e. The average molecular weight is 283 g/mol. The van der Waals surface area contributed by atoms with Crippen LogP contribution in [0.5, 0.6) is 11.5 Å². The predicted octanol–water partition coefficient (Wildman–Crippen LogP) is 2.71. The van der Waals surface area contributed by atoms with Gasteiger partial charge in [0.1, 0.15) is 17.1 Å². The monoisotopic (exact) mass is 282 g/mol. The zero-order valence-electron chi connectivity index (χ0n) is 7.94. The number of rotatable bonds is 1. The standard InChI is InChI=1S/C11H7BrO4/c12-8-1-2-9(13)6-4-10(14)7(11(15)16)3-5(6)8/h1-4,13-14H,(H,15,16). The first kappa shape index (κ1) is 10.8. The molecular weight excluding hydrogens is 276 g/mol. The summed E-state index contributed by atoms with van der Waals surface area (Å²) < 4.78 is 0.655. The maximum atomic E-state index is 10.8. The summed E-state index contributed by atoms with van der Waals surface area (Å²) in [5.74, 6) is -1.59. The van der Waals surface area contributed by atoms with Gasteiger partial charge in [-0.1, -0.05) is 15.9 Å². The van der Waals surface area contributed by atoms with Crippen molar-refractivity contribution in [3.05, 3.63) is 34.3 Å². The molecule has 82 valence electrons. The molecule has 0 aliphatic rings. The van der Waals surface area contributed by atoms with Crippen molar-refractivity contribution in [2.45, 2.75) is 0 Å². The highest BCUT2D eigenvalue weighted by molar-refractivity contribution is 9.10. The third kappa shape index (κ3) is 1.59. The number of hydrogen-bond acceptors (Lipinski definition) is 3. The molecule has 0 atom stereocenters. The maximum Gasteiger partial charge on any atom is 0.339 e. The van der Waals surface area contributed by atoms with Crippen LogP contribution in [0.1, 0.15) is 10.4 Å². The molecular formula is C11H7BrO4. The summed E-state index contributed by atoms with van der Waals surface area (Å²) in [6.07, 6.45) is 0. The van der Waals surface area contributed by atoms with Gasteiger partial charge in [-0.2, -0.15) is 0 Å². The first-order valence-electron chi connectivity index (χ1n) is 4.38. The van der Waals surface area contributed by atoms with Crippen molar-refractivity contribution >= 4 is 32.7 Å². The summed E-state index contributed by atoms with van der Waals surface area (Å²) in [5.41, 5.74) is -0.196. The molecule has 0 aliphatic heterocycles. The summed E-state index contributed by atoms with van der Waals surface area (Å²) in [7, 11) is 0. The largest absolute Gasteiger partial charge is 0.507 e. The van der Waals surface area contributed by atoms with Gasteiger partial charge in [-0.3, -0.25) is 0 Å². The third-order valence-electron chi connectivity index (χ3n) is 2.29. The molecule has 16 heavy (non-hydrogen) atoms. The molecule has 3 N–H and O–H groups in total. The minimum atomic E-state index is -1.21. The topological polar surface area (TPSA) is 77.8 Å². The van der Waals surface area contributed by atoms with Crippen LogP contribution in [0.25, 0.3) is 10.8 Å². The van der Waals surface area contributed by atoms with Crippen molar-refractivity contribution in [3.8, 4) is 11.5 Å². The summed E-state index contributed by atoms with van der Waals surface area (Å²) in [6, 6.07) is 5.63. The van der Waals surface area contributed by atoms with Gasteiger partial charge in [0, 0.05) is 15.2 Å². The molecule has 0 spiro atoms. The van der Waals surface area contributed by atoms with Crippen molar-refractivity contribution in [2.24, 2.45) is 0 Å². The Balaban J connectivity index is 2.89. The minimum Gasteiger partial charge on any atom is -0.507 e. The lowest BCUT2D eigenvalue weighted by Gasteiger charge is -2.06. The van der Waals surface area contributed by atoms with Crippen LogP contribution in [0.15, 0.2) is 28.7 Å². The second kappa shape index (κ2) is 3.68. The van der Waals surface area contributed by atoms with Crippen LogP contribution in [-0.2, 0) is 0 Å². The summed E-state index contributed by atoms with van der Waals surface area (Å²) in [6.45, 7) is 0. The molecule has 0 saturated heterocycles. The van der Waals surface area contributed by atoms with Gasteiger partial charge >= 0.3 is 5.97 Å². The summed E-state index contributed by atoms with van der Waals surface area (Å²) in [5, 5.41) is 28.8. The van der Waals surface area contributed by atoms with Crippen molar-refractivity contribution in [3.63, 3.8) is 0 Å². The Hall–Kier alpha value is -1.75. The Bertz CT molecular complexity index is 592. The van der Waals surface area contributed by atoms with E-state index in [9.17, 15) is 15.0 Å². The number of aromatic hydroxyl groups is 2. The normalized spacial score (nSPS) is 10.6. The zero-order chi connectivity index (χ0) is 11.9. The van der Waals surface area contributed by atoms with Crippen molar-refractivity contribution in [1.82, 2.24) is 0 Å². The number of carboxylic acids is 1. The van der Waals surface area contributed by atoms with Gasteiger partial charge in [0.2, 0.25) is 0 Å². The van der Waals surface area contributed by atoms with E-state index in [0.717, 1.165) is 0 Å². The van der Waals surface area contributed by atoms with Crippen LogP contribution < -0.4 is 0 Å².